The SMILES string of the molecule is Cc1c(NC(=O)CCN2C(=O)c3ccccc3N3C(=O)CCC23C)cccc1[N+](=O)[O-]. The predicted molar refractivity (Wildman–Crippen MR) is 114 cm³/mol. The molecule has 1 saturated heterocycles. The first-order valence-electron chi connectivity index (χ1n) is 10.0. The van der Waals surface area contributed by atoms with Gasteiger partial charge in [0.1, 0.15) is 5.66 Å². The molecule has 9 heteroatoms. The number of carbonyl (C=O) groups excluding carboxylic acids is 3. The summed E-state index contributed by atoms with van der Waals surface area (Å²) >= 11 is 0. The van der Waals surface area contributed by atoms with Crippen molar-refractivity contribution in [2.75, 3.05) is 16.8 Å². The Balaban J connectivity index is 1.54. The fraction of sp³-hybridized carbons (Fsp3) is 0.318. The Labute approximate surface area is 178 Å². The summed E-state index contributed by atoms with van der Waals surface area (Å²) < 4.78 is 0. The average Bonchev–Trinajstić information content (AvgIpc) is 3.04. The fourth-order valence-corrected chi connectivity index (χ4v) is 4.42. The number of benzene rings is 2. The maximum atomic E-state index is 13.2. The first-order chi connectivity index (χ1) is 14.7. The van der Waals surface area contributed by atoms with Crippen LogP contribution in [0, 0.1) is 17.0 Å². The molecule has 4 rings (SSSR count). The van der Waals surface area contributed by atoms with Crippen molar-refractivity contribution in [3.63, 3.8) is 0 Å². The minimum atomic E-state index is -0.829. The van der Waals surface area contributed by atoms with E-state index in [9.17, 15) is 24.5 Å². The highest BCUT2D eigenvalue weighted by atomic mass is 16.6. The van der Waals surface area contributed by atoms with Gasteiger partial charge in [0.25, 0.3) is 11.6 Å². The normalized spacial score (nSPS) is 19.8. The van der Waals surface area contributed by atoms with Gasteiger partial charge in [-0.2, -0.15) is 0 Å². The molecule has 2 heterocycles. The van der Waals surface area contributed by atoms with Crippen LogP contribution in [0.1, 0.15) is 42.1 Å². The molecule has 1 atom stereocenters. The van der Waals surface area contributed by atoms with Crippen LogP contribution >= 0.6 is 0 Å². The summed E-state index contributed by atoms with van der Waals surface area (Å²) in [5.74, 6) is -0.637. The maximum absolute atomic E-state index is 13.2. The van der Waals surface area contributed by atoms with Crippen LogP contribution in [0.4, 0.5) is 17.1 Å². The van der Waals surface area contributed by atoms with Crippen LogP contribution in [0.5, 0.6) is 0 Å². The van der Waals surface area contributed by atoms with Crippen molar-refractivity contribution in [1.82, 2.24) is 4.90 Å². The summed E-state index contributed by atoms with van der Waals surface area (Å²) in [5, 5.41) is 13.8. The van der Waals surface area contributed by atoms with E-state index < -0.39 is 10.6 Å². The molecule has 0 aliphatic carbocycles. The van der Waals surface area contributed by atoms with E-state index in [0.717, 1.165) is 0 Å². The molecule has 0 aromatic heterocycles. The van der Waals surface area contributed by atoms with Gasteiger partial charge in [0.05, 0.1) is 27.4 Å². The minimum Gasteiger partial charge on any atom is -0.326 e. The first kappa shape index (κ1) is 20.5. The molecule has 9 nitrogen and oxygen atoms in total. The molecular weight excluding hydrogens is 400 g/mol. The third-order valence-electron chi connectivity index (χ3n) is 6.08. The topological polar surface area (TPSA) is 113 Å². The second-order valence-corrected chi connectivity index (χ2v) is 7.93. The fourth-order valence-electron chi connectivity index (χ4n) is 4.42. The number of para-hydroxylation sites is 1. The largest absolute Gasteiger partial charge is 0.326 e. The molecule has 31 heavy (non-hydrogen) atoms. The summed E-state index contributed by atoms with van der Waals surface area (Å²) in [4.78, 5) is 52.2. The number of anilines is 2. The molecule has 2 aromatic carbocycles. The monoisotopic (exact) mass is 422 g/mol. The lowest BCUT2D eigenvalue weighted by molar-refractivity contribution is -0.385. The number of hydrogen-bond acceptors (Lipinski definition) is 5. The summed E-state index contributed by atoms with van der Waals surface area (Å²) in [6.45, 7) is 3.53. The highest BCUT2D eigenvalue weighted by molar-refractivity contribution is 6.10. The van der Waals surface area contributed by atoms with E-state index in [1.165, 1.54) is 12.1 Å². The van der Waals surface area contributed by atoms with Gasteiger partial charge in [-0.25, -0.2) is 0 Å². The predicted octanol–water partition coefficient (Wildman–Crippen LogP) is 3.23. The van der Waals surface area contributed by atoms with E-state index in [1.807, 2.05) is 6.92 Å². The zero-order valence-electron chi connectivity index (χ0n) is 17.3. The zero-order chi connectivity index (χ0) is 22.3. The van der Waals surface area contributed by atoms with Crippen LogP contribution in [0.15, 0.2) is 42.5 Å². The molecule has 2 aliphatic rings. The second-order valence-electron chi connectivity index (χ2n) is 7.93. The van der Waals surface area contributed by atoms with Crippen LogP contribution in [-0.4, -0.2) is 39.8 Å². The third-order valence-corrected chi connectivity index (χ3v) is 6.08. The van der Waals surface area contributed by atoms with Gasteiger partial charge in [-0.1, -0.05) is 18.2 Å². The van der Waals surface area contributed by atoms with Crippen LogP contribution < -0.4 is 10.2 Å². The number of rotatable bonds is 5. The lowest BCUT2D eigenvalue weighted by Gasteiger charge is -2.48. The van der Waals surface area contributed by atoms with Crippen LogP contribution in [0.3, 0.4) is 0 Å². The molecule has 3 amide bonds. The number of fused-ring (bicyclic) bond motifs is 3. The van der Waals surface area contributed by atoms with Crippen molar-refractivity contribution >= 4 is 34.8 Å². The second kappa shape index (κ2) is 7.50. The Kier molecular flexibility index (Phi) is 4.96. The van der Waals surface area contributed by atoms with E-state index >= 15 is 0 Å². The standard InChI is InChI=1S/C22H22N4O5/c1-14-16(7-5-9-17(14)26(30)31)23-19(27)11-13-24-21(29)15-6-3-4-8-18(15)25-20(28)10-12-22(24,25)2/h3-9H,10-13H2,1-2H3,(H,23,27). The van der Waals surface area contributed by atoms with Crippen LogP contribution in [-0.2, 0) is 9.59 Å². The lowest BCUT2D eigenvalue weighted by atomic mass is 9.98. The molecule has 0 radical (unpaired) electrons. The number of nitro benzene ring substituents is 1. The van der Waals surface area contributed by atoms with Gasteiger partial charge >= 0.3 is 0 Å². The van der Waals surface area contributed by atoms with Gasteiger partial charge in [-0.3, -0.25) is 29.4 Å². The van der Waals surface area contributed by atoms with E-state index in [2.05, 4.69) is 5.32 Å². The first-order valence-corrected chi connectivity index (χ1v) is 10.0. The quantitative estimate of drug-likeness (QED) is 0.587. The summed E-state index contributed by atoms with van der Waals surface area (Å²) in [6, 6.07) is 11.5. The number of nitro groups is 1. The summed E-state index contributed by atoms with van der Waals surface area (Å²) in [5.41, 5.74) is 0.857. The molecule has 2 aromatic rings. The summed E-state index contributed by atoms with van der Waals surface area (Å²) in [6.07, 6.45) is 0.804. The Hall–Kier alpha value is -3.75. The van der Waals surface area contributed by atoms with Crippen molar-refractivity contribution in [2.24, 2.45) is 0 Å². The number of carbonyl (C=O) groups is 3. The highest BCUT2D eigenvalue weighted by Gasteiger charge is 2.52. The van der Waals surface area contributed by atoms with Crippen molar-refractivity contribution in [2.45, 2.75) is 38.8 Å². The van der Waals surface area contributed by atoms with Crippen LogP contribution in [0.25, 0.3) is 0 Å². The Bertz CT molecular complexity index is 1110. The lowest BCUT2D eigenvalue weighted by Crippen LogP contribution is -2.62. The van der Waals surface area contributed by atoms with Gasteiger partial charge in [-0.05, 0) is 38.5 Å². The Morgan fingerprint density at radius 2 is 1.94 bits per heavy atom. The Morgan fingerprint density at radius 3 is 2.68 bits per heavy atom. The van der Waals surface area contributed by atoms with E-state index in [0.29, 0.717) is 35.3 Å². The van der Waals surface area contributed by atoms with Crippen molar-refractivity contribution < 1.29 is 19.3 Å². The van der Waals surface area contributed by atoms with Gasteiger partial charge in [-0.15, -0.1) is 0 Å². The molecule has 0 spiro atoms. The van der Waals surface area contributed by atoms with Crippen molar-refractivity contribution in [3.8, 4) is 0 Å². The van der Waals surface area contributed by atoms with Crippen LogP contribution in [0.2, 0.25) is 0 Å². The molecular formula is C22H22N4O5. The van der Waals surface area contributed by atoms with Gasteiger partial charge in [0.15, 0.2) is 0 Å². The van der Waals surface area contributed by atoms with E-state index in [1.54, 1.807) is 47.1 Å². The number of amides is 3. The molecule has 0 bridgehead atoms. The molecule has 1 N–H and O–H groups in total. The molecule has 1 fully saturated rings. The number of nitrogens with one attached hydrogen (secondary N) is 1. The van der Waals surface area contributed by atoms with Gasteiger partial charge < -0.3 is 10.2 Å². The van der Waals surface area contributed by atoms with Gasteiger partial charge in [0.2, 0.25) is 11.8 Å². The van der Waals surface area contributed by atoms with Gasteiger partial charge in [0, 0.05) is 25.5 Å². The molecule has 2 aliphatic heterocycles. The van der Waals surface area contributed by atoms with E-state index in [4.69, 9.17) is 0 Å². The molecule has 1 unspecified atom stereocenters. The Morgan fingerprint density at radius 1 is 1.19 bits per heavy atom. The van der Waals surface area contributed by atoms with E-state index in [-0.39, 0.29) is 36.4 Å². The van der Waals surface area contributed by atoms with Crippen molar-refractivity contribution in [1.29, 1.82) is 0 Å². The van der Waals surface area contributed by atoms with Crippen molar-refractivity contribution in [3.05, 3.63) is 63.7 Å². The molecule has 160 valence electrons. The smallest absolute Gasteiger partial charge is 0.274 e. The minimum absolute atomic E-state index is 0.00629. The molecule has 0 saturated carbocycles. The highest BCUT2D eigenvalue weighted by Crippen LogP contribution is 2.44. The zero-order valence-corrected chi connectivity index (χ0v) is 17.3. The summed E-state index contributed by atoms with van der Waals surface area (Å²) in [7, 11) is 0. The average molecular weight is 422 g/mol. The third kappa shape index (κ3) is 3.31. The maximum Gasteiger partial charge on any atom is 0.274 e. The number of nitrogens with zero attached hydrogens (tertiary/aromatic N) is 3. The number of hydrogen-bond donors (Lipinski definition) is 1.